The van der Waals surface area contributed by atoms with E-state index in [0.29, 0.717) is 6.54 Å². The molecule has 4 heteroatoms. The molecule has 0 spiro atoms. The van der Waals surface area contributed by atoms with Gasteiger partial charge in [0.15, 0.2) is 11.6 Å². The van der Waals surface area contributed by atoms with Crippen molar-refractivity contribution in [1.29, 1.82) is 0 Å². The Kier molecular flexibility index (Phi) is 5.14. The van der Waals surface area contributed by atoms with Crippen molar-refractivity contribution in [3.63, 3.8) is 0 Å². The van der Waals surface area contributed by atoms with Gasteiger partial charge in [0.2, 0.25) is 5.91 Å². The van der Waals surface area contributed by atoms with E-state index in [9.17, 15) is 9.18 Å². The fourth-order valence-electron chi connectivity index (χ4n) is 3.44. The van der Waals surface area contributed by atoms with Gasteiger partial charge in [-0.25, -0.2) is 4.39 Å². The van der Waals surface area contributed by atoms with E-state index < -0.39 is 5.41 Å². The lowest BCUT2D eigenvalue weighted by atomic mass is 9.78. The lowest BCUT2D eigenvalue weighted by Crippen LogP contribution is -2.44. The molecule has 3 rings (SSSR count). The van der Waals surface area contributed by atoms with Crippen LogP contribution >= 0.6 is 0 Å². The van der Waals surface area contributed by atoms with Crippen molar-refractivity contribution in [2.24, 2.45) is 0 Å². The number of amides is 1. The number of benzene rings is 2. The number of para-hydroxylation sites is 1. The zero-order chi connectivity index (χ0) is 16.8. The predicted molar refractivity (Wildman–Crippen MR) is 91.5 cm³/mol. The third kappa shape index (κ3) is 3.42. The number of carbonyl (C=O) groups excluding carboxylic acids is 1. The van der Waals surface area contributed by atoms with E-state index in [1.807, 2.05) is 30.3 Å². The Labute approximate surface area is 141 Å². The molecule has 1 amide bonds. The second kappa shape index (κ2) is 7.47. The first-order valence-corrected chi connectivity index (χ1v) is 8.43. The molecule has 1 saturated carbocycles. The van der Waals surface area contributed by atoms with Crippen LogP contribution in [0.15, 0.2) is 54.6 Å². The van der Waals surface area contributed by atoms with Gasteiger partial charge in [0.25, 0.3) is 0 Å². The van der Waals surface area contributed by atoms with Gasteiger partial charge >= 0.3 is 0 Å². The summed E-state index contributed by atoms with van der Waals surface area (Å²) in [5.74, 6) is -0.130. The van der Waals surface area contributed by atoms with Crippen LogP contribution in [0.4, 0.5) is 4.39 Å². The monoisotopic (exact) mass is 327 g/mol. The molecule has 24 heavy (non-hydrogen) atoms. The molecule has 1 aliphatic carbocycles. The van der Waals surface area contributed by atoms with Crippen LogP contribution < -0.4 is 10.1 Å². The van der Waals surface area contributed by atoms with Gasteiger partial charge in [-0.15, -0.1) is 0 Å². The fourth-order valence-corrected chi connectivity index (χ4v) is 3.44. The molecule has 1 N–H and O–H groups in total. The summed E-state index contributed by atoms with van der Waals surface area (Å²) in [6.07, 6.45) is 3.87. The maximum atomic E-state index is 13.5. The Morgan fingerprint density at radius 3 is 2.42 bits per heavy atom. The maximum absolute atomic E-state index is 13.5. The molecule has 0 bridgehead atoms. The molecule has 2 aromatic rings. The number of ether oxygens (including phenoxy) is 1. The summed E-state index contributed by atoms with van der Waals surface area (Å²) in [5.41, 5.74) is 0.647. The Hall–Kier alpha value is -2.36. The SMILES string of the molecule is O=C(NCCOc1ccccc1F)C1(c2ccccc2)CCCC1. The molecule has 0 saturated heterocycles. The van der Waals surface area contributed by atoms with Crippen LogP contribution in [0, 0.1) is 5.82 Å². The summed E-state index contributed by atoms with van der Waals surface area (Å²) in [5, 5.41) is 2.97. The molecule has 2 aromatic carbocycles. The number of nitrogens with one attached hydrogen (secondary N) is 1. The van der Waals surface area contributed by atoms with Crippen molar-refractivity contribution in [2.45, 2.75) is 31.1 Å². The van der Waals surface area contributed by atoms with Crippen LogP contribution in [0.2, 0.25) is 0 Å². The standard InChI is InChI=1S/C20H22FNO2/c21-17-10-4-5-11-18(17)24-15-14-22-19(23)20(12-6-7-13-20)16-8-2-1-3-9-16/h1-5,8-11H,6-7,12-15H2,(H,22,23). The molecular formula is C20H22FNO2. The minimum absolute atomic E-state index is 0.0448. The van der Waals surface area contributed by atoms with Gasteiger partial charge in [0.1, 0.15) is 6.61 Å². The number of halogens is 1. The van der Waals surface area contributed by atoms with E-state index >= 15 is 0 Å². The van der Waals surface area contributed by atoms with Gasteiger partial charge in [-0.3, -0.25) is 4.79 Å². The second-order valence-corrected chi connectivity index (χ2v) is 6.19. The van der Waals surface area contributed by atoms with Crippen LogP contribution in [0.3, 0.4) is 0 Å². The number of carbonyl (C=O) groups is 1. The molecule has 1 aliphatic rings. The molecule has 0 unspecified atom stereocenters. The summed E-state index contributed by atoms with van der Waals surface area (Å²) in [6, 6.07) is 16.3. The smallest absolute Gasteiger partial charge is 0.230 e. The van der Waals surface area contributed by atoms with Crippen LogP contribution in [-0.2, 0) is 10.2 Å². The first-order valence-electron chi connectivity index (χ1n) is 8.43. The lowest BCUT2D eigenvalue weighted by molar-refractivity contribution is -0.126. The third-order valence-electron chi connectivity index (χ3n) is 4.70. The van der Waals surface area contributed by atoms with Crippen molar-refractivity contribution >= 4 is 5.91 Å². The lowest BCUT2D eigenvalue weighted by Gasteiger charge is -2.28. The Bertz CT molecular complexity index is 681. The topological polar surface area (TPSA) is 38.3 Å². The zero-order valence-corrected chi connectivity index (χ0v) is 13.6. The molecule has 0 aromatic heterocycles. The minimum Gasteiger partial charge on any atom is -0.489 e. The number of hydrogen-bond acceptors (Lipinski definition) is 2. The highest BCUT2D eigenvalue weighted by Crippen LogP contribution is 2.41. The van der Waals surface area contributed by atoms with Crippen LogP contribution in [0.1, 0.15) is 31.2 Å². The van der Waals surface area contributed by atoms with E-state index in [1.54, 1.807) is 18.2 Å². The summed E-state index contributed by atoms with van der Waals surface area (Å²) >= 11 is 0. The fraction of sp³-hybridized carbons (Fsp3) is 0.350. The van der Waals surface area contributed by atoms with Crippen LogP contribution in [0.5, 0.6) is 5.75 Å². The van der Waals surface area contributed by atoms with Crippen molar-refractivity contribution in [3.05, 3.63) is 66.0 Å². The largest absolute Gasteiger partial charge is 0.489 e. The van der Waals surface area contributed by atoms with Crippen molar-refractivity contribution < 1.29 is 13.9 Å². The quantitative estimate of drug-likeness (QED) is 0.819. The second-order valence-electron chi connectivity index (χ2n) is 6.19. The average Bonchev–Trinajstić information content (AvgIpc) is 3.12. The first-order chi connectivity index (χ1) is 11.7. The summed E-state index contributed by atoms with van der Waals surface area (Å²) in [6.45, 7) is 0.610. The summed E-state index contributed by atoms with van der Waals surface area (Å²) in [4.78, 5) is 12.8. The van der Waals surface area contributed by atoms with Gasteiger partial charge < -0.3 is 10.1 Å². The van der Waals surface area contributed by atoms with Gasteiger partial charge in [-0.05, 0) is 30.5 Å². The molecule has 0 heterocycles. The molecule has 0 atom stereocenters. The van der Waals surface area contributed by atoms with Crippen molar-refractivity contribution in [3.8, 4) is 5.75 Å². The highest BCUT2D eigenvalue weighted by Gasteiger charge is 2.42. The van der Waals surface area contributed by atoms with E-state index in [2.05, 4.69) is 5.32 Å². The Morgan fingerprint density at radius 1 is 1.04 bits per heavy atom. The summed E-state index contributed by atoms with van der Waals surface area (Å²) in [7, 11) is 0. The molecular weight excluding hydrogens is 305 g/mol. The van der Waals surface area contributed by atoms with Gasteiger partial charge in [0.05, 0.1) is 12.0 Å². The van der Waals surface area contributed by atoms with E-state index in [-0.39, 0.29) is 24.1 Å². The molecule has 1 fully saturated rings. The third-order valence-corrected chi connectivity index (χ3v) is 4.70. The Morgan fingerprint density at radius 2 is 1.71 bits per heavy atom. The zero-order valence-electron chi connectivity index (χ0n) is 13.6. The Balaban J connectivity index is 1.58. The van der Waals surface area contributed by atoms with Gasteiger partial charge in [-0.2, -0.15) is 0 Å². The van der Waals surface area contributed by atoms with Crippen LogP contribution in [0.25, 0.3) is 0 Å². The normalized spacial score (nSPS) is 15.9. The van der Waals surface area contributed by atoms with Crippen molar-refractivity contribution in [2.75, 3.05) is 13.2 Å². The van der Waals surface area contributed by atoms with Crippen LogP contribution in [-0.4, -0.2) is 19.1 Å². The average molecular weight is 327 g/mol. The van der Waals surface area contributed by atoms with E-state index in [4.69, 9.17) is 4.74 Å². The van der Waals surface area contributed by atoms with Crippen molar-refractivity contribution in [1.82, 2.24) is 5.32 Å². The van der Waals surface area contributed by atoms with E-state index in [0.717, 1.165) is 31.2 Å². The molecule has 0 radical (unpaired) electrons. The highest BCUT2D eigenvalue weighted by molar-refractivity contribution is 5.88. The van der Waals surface area contributed by atoms with E-state index in [1.165, 1.54) is 6.07 Å². The first kappa shape index (κ1) is 16.5. The molecule has 126 valence electrons. The van der Waals surface area contributed by atoms with Gasteiger partial charge in [0, 0.05) is 0 Å². The summed E-state index contributed by atoms with van der Waals surface area (Å²) < 4.78 is 18.9. The molecule has 0 aliphatic heterocycles. The molecule has 3 nitrogen and oxygen atoms in total. The predicted octanol–water partition coefficient (Wildman–Crippen LogP) is 3.83. The maximum Gasteiger partial charge on any atom is 0.230 e. The highest BCUT2D eigenvalue weighted by atomic mass is 19.1. The number of rotatable bonds is 6. The number of hydrogen-bond donors (Lipinski definition) is 1. The minimum atomic E-state index is -0.431. The van der Waals surface area contributed by atoms with Gasteiger partial charge in [-0.1, -0.05) is 55.3 Å².